The highest BCUT2D eigenvalue weighted by molar-refractivity contribution is 7.70. The quantitative estimate of drug-likeness (QED) is 0.534. The fourth-order valence-corrected chi connectivity index (χ4v) is 5.66. The Hall–Kier alpha value is 0.280. The van der Waals surface area contributed by atoms with Crippen LogP contribution in [-0.4, -0.2) is 52.6 Å². The first-order chi connectivity index (χ1) is 9.52. The minimum Gasteiger partial charge on any atom is -0.379 e. The van der Waals surface area contributed by atoms with Crippen molar-refractivity contribution in [2.24, 2.45) is 0 Å². The lowest BCUT2D eigenvalue weighted by Gasteiger charge is -2.14. The van der Waals surface area contributed by atoms with E-state index in [1.165, 1.54) is 7.11 Å². The van der Waals surface area contributed by atoms with Crippen LogP contribution in [0.5, 0.6) is 0 Å². The van der Waals surface area contributed by atoms with Gasteiger partial charge in [0.15, 0.2) is 0 Å². The summed E-state index contributed by atoms with van der Waals surface area (Å²) in [6, 6.07) is 0. The molecule has 0 bridgehead atoms. The maximum Gasteiger partial charge on any atom is 0.521 e. The standard InChI is InChI=1S/C8H17O10P3/c1-6-3-7(15-2)8(17-6)4-16-19(9)5-20(10,11)18-21(12,13)14/h6-8H,3-5H2,1-2H3,(H2-,10,11,12,13,14)/p+1/t6-,7?,8+/m0/s1. The number of phosphoric acid groups is 1. The fraction of sp³-hybridized carbons (Fsp3) is 1.00. The Kier molecular flexibility index (Phi) is 7.09. The van der Waals surface area contributed by atoms with Crippen LogP contribution < -0.4 is 0 Å². The molecule has 0 radical (unpaired) electrons. The summed E-state index contributed by atoms with van der Waals surface area (Å²) < 4.78 is 52.6. The Morgan fingerprint density at radius 3 is 2.48 bits per heavy atom. The molecule has 0 amide bonds. The molecule has 1 fully saturated rings. The van der Waals surface area contributed by atoms with Crippen LogP contribution >= 0.6 is 23.4 Å². The van der Waals surface area contributed by atoms with Crippen LogP contribution in [0.15, 0.2) is 0 Å². The van der Waals surface area contributed by atoms with Crippen molar-refractivity contribution in [3.8, 4) is 0 Å². The van der Waals surface area contributed by atoms with Crippen molar-refractivity contribution < 1.29 is 46.7 Å². The molecule has 3 N–H and O–H groups in total. The highest BCUT2D eigenvalue weighted by Crippen LogP contribution is 2.60. The Morgan fingerprint density at radius 2 is 1.95 bits per heavy atom. The molecule has 1 aliphatic rings. The summed E-state index contributed by atoms with van der Waals surface area (Å²) in [6.45, 7) is 1.70. The van der Waals surface area contributed by atoms with E-state index in [2.05, 4.69) is 4.31 Å². The third-order valence-corrected chi connectivity index (χ3v) is 7.26. The minimum absolute atomic E-state index is 0.0524. The number of methoxy groups -OCH3 is 1. The van der Waals surface area contributed by atoms with Gasteiger partial charge < -0.3 is 24.2 Å². The van der Waals surface area contributed by atoms with Crippen LogP contribution in [0.3, 0.4) is 0 Å². The number of hydrogen-bond donors (Lipinski definition) is 3. The second kappa shape index (κ2) is 7.70. The average molecular weight is 367 g/mol. The zero-order chi connectivity index (χ0) is 16.3. The van der Waals surface area contributed by atoms with Gasteiger partial charge in [0.05, 0.1) is 12.2 Å². The van der Waals surface area contributed by atoms with Crippen molar-refractivity contribution in [2.75, 3.05) is 19.6 Å². The van der Waals surface area contributed by atoms with E-state index in [9.17, 15) is 18.6 Å². The molecule has 0 spiro atoms. The van der Waals surface area contributed by atoms with E-state index in [-0.39, 0.29) is 18.8 Å². The average Bonchev–Trinajstić information content (AvgIpc) is 2.63. The van der Waals surface area contributed by atoms with Gasteiger partial charge in [-0.05, 0) is 11.5 Å². The second-order valence-corrected chi connectivity index (χ2v) is 9.44. The van der Waals surface area contributed by atoms with Crippen LogP contribution in [-0.2, 0) is 32.0 Å². The van der Waals surface area contributed by atoms with Crippen molar-refractivity contribution >= 4 is 23.4 Å². The van der Waals surface area contributed by atoms with Gasteiger partial charge in [0.1, 0.15) is 12.7 Å². The highest BCUT2D eigenvalue weighted by Gasteiger charge is 2.42. The second-order valence-electron chi connectivity index (χ2n) is 4.47. The van der Waals surface area contributed by atoms with E-state index in [0.717, 1.165) is 0 Å². The summed E-state index contributed by atoms with van der Waals surface area (Å²) in [5.74, 6) is -1.02. The molecule has 0 aliphatic carbocycles. The summed E-state index contributed by atoms with van der Waals surface area (Å²) in [5.41, 5.74) is 0. The molecule has 1 aliphatic heterocycles. The molecule has 5 atom stereocenters. The molecule has 0 aromatic carbocycles. The summed E-state index contributed by atoms with van der Waals surface area (Å²) in [7, 11) is -11.0. The van der Waals surface area contributed by atoms with Gasteiger partial charge in [0.2, 0.25) is 0 Å². The van der Waals surface area contributed by atoms with Gasteiger partial charge in [-0.3, -0.25) is 4.57 Å². The number of hydrogen-bond acceptors (Lipinski definition) is 7. The van der Waals surface area contributed by atoms with Crippen molar-refractivity contribution in [3.05, 3.63) is 0 Å². The number of rotatable bonds is 8. The van der Waals surface area contributed by atoms with Crippen LogP contribution in [0.2, 0.25) is 0 Å². The van der Waals surface area contributed by atoms with Gasteiger partial charge in [-0.1, -0.05) is 0 Å². The Balaban J connectivity index is 2.44. The predicted molar refractivity (Wildman–Crippen MR) is 71.1 cm³/mol. The normalized spacial score (nSPS) is 30.1. The predicted octanol–water partition coefficient (Wildman–Crippen LogP) is 1.19. The molecule has 3 unspecified atom stereocenters. The Bertz CT molecular complexity index is 461. The van der Waals surface area contributed by atoms with Gasteiger partial charge in [-0.15, -0.1) is 4.52 Å². The zero-order valence-electron chi connectivity index (χ0n) is 11.4. The van der Waals surface area contributed by atoms with E-state index in [1.54, 1.807) is 0 Å². The highest BCUT2D eigenvalue weighted by atomic mass is 31.3. The molecule has 0 aromatic heterocycles. The molecule has 10 nitrogen and oxygen atoms in total. The summed E-state index contributed by atoms with van der Waals surface area (Å²) in [6.07, 6.45) is -0.120. The first-order valence-electron chi connectivity index (χ1n) is 5.87. The van der Waals surface area contributed by atoms with Crippen LogP contribution in [0.1, 0.15) is 13.3 Å². The maximum absolute atomic E-state index is 11.5. The lowest BCUT2D eigenvalue weighted by Crippen LogP contribution is -2.27. The van der Waals surface area contributed by atoms with Crippen molar-refractivity contribution in [1.82, 2.24) is 0 Å². The topological polar surface area (TPSA) is 149 Å². The summed E-state index contributed by atoms with van der Waals surface area (Å²) in [5, 5.41) is 0. The molecule has 13 heteroatoms. The molecule has 1 rings (SSSR count). The summed E-state index contributed by atoms with van der Waals surface area (Å²) in [4.78, 5) is 26.1. The largest absolute Gasteiger partial charge is 0.521 e. The van der Waals surface area contributed by atoms with Crippen LogP contribution in [0, 0.1) is 0 Å². The van der Waals surface area contributed by atoms with Crippen molar-refractivity contribution in [2.45, 2.75) is 31.7 Å². The molecule has 0 saturated carbocycles. The van der Waals surface area contributed by atoms with Gasteiger partial charge >= 0.3 is 23.4 Å². The molecule has 124 valence electrons. The fourth-order valence-electron chi connectivity index (χ4n) is 1.85. The zero-order valence-corrected chi connectivity index (χ0v) is 14.1. The van der Waals surface area contributed by atoms with Crippen LogP contribution in [0.25, 0.3) is 0 Å². The first-order valence-corrected chi connectivity index (χ1v) is 10.5. The molecule has 1 saturated heterocycles. The monoisotopic (exact) mass is 367 g/mol. The van der Waals surface area contributed by atoms with E-state index in [1.807, 2.05) is 6.92 Å². The SMILES string of the molecule is COC1C[C@H](C)O[C@@H]1CO[P+](=O)CP(=O)(O)OP(=O)(O)O. The van der Waals surface area contributed by atoms with Crippen molar-refractivity contribution in [1.29, 1.82) is 0 Å². The van der Waals surface area contributed by atoms with Crippen molar-refractivity contribution in [3.63, 3.8) is 0 Å². The molecule has 1 heterocycles. The van der Waals surface area contributed by atoms with E-state index < -0.39 is 35.5 Å². The molecule has 21 heavy (non-hydrogen) atoms. The van der Waals surface area contributed by atoms with E-state index >= 15 is 0 Å². The minimum atomic E-state index is -5.15. The van der Waals surface area contributed by atoms with Gasteiger partial charge in [-0.2, -0.15) is 0 Å². The Labute approximate surface area is 122 Å². The van der Waals surface area contributed by atoms with Gasteiger partial charge in [0, 0.05) is 13.5 Å². The van der Waals surface area contributed by atoms with Crippen LogP contribution in [0.4, 0.5) is 0 Å². The lowest BCUT2D eigenvalue weighted by molar-refractivity contribution is -0.0232. The third kappa shape index (κ3) is 7.39. The van der Waals surface area contributed by atoms with E-state index in [4.69, 9.17) is 23.8 Å². The smallest absolute Gasteiger partial charge is 0.379 e. The lowest BCUT2D eigenvalue weighted by atomic mass is 10.1. The third-order valence-electron chi connectivity index (χ3n) is 2.60. The summed E-state index contributed by atoms with van der Waals surface area (Å²) >= 11 is 0. The molecular weight excluding hydrogens is 349 g/mol. The van der Waals surface area contributed by atoms with Gasteiger partial charge in [0.25, 0.3) is 5.90 Å². The first kappa shape index (κ1) is 19.3. The van der Waals surface area contributed by atoms with E-state index in [0.29, 0.717) is 6.42 Å². The molecule has 0 aromatic rings. The molecular formula is C8H18O10P3+. The number of ether oxygens (including phenoxy) is 2. The van der Waals surface area contributed by atoms with Gasteiger partial charge in [-0.25, -0.2) is 8.88 Å². The maximum atomic E-state index is 11.5. The Morgan fingerprint density at radius 1 is 1.33 bits per heavy atom.